The predicted molar refractivity (Wildman–Crippen MR) is 78.3 cm³/mol. The normalized spacial score (nSPS) is 11.6. The zero-order valence-corrected chi connectivity index (χ0v) is 13.7. The van der Waals surface area contributed by atoms with E-state index in [-0.39, 0.29) is 18.8 Å². The fourth-order valence-corrected chi connectivity index (χ4v) is 1.98. The van der Waals surface area contributed by atoms with E-state index in [9.17, 15) is 13.6 Å². The van der Waals surface area contributed by atoms with E-state index in [1.54, 1.807) is 32.9 Å². The average molecular weight is 366 g/mol. The molecule has 118 valence electrons. The van der Waals surface area contributed by atoms with Crippen molar-refractivity contribution in [3.63, 3.8) is 0 Å². The van der Waals surface area contributed by atoms with E-state index in [1.165, 1.54) is 6.07 Å². The molecular weight excluding hydrogens is 348 g/mol. The lowest BCUT2D eigenvalue weighted by atomic mass is 10.2. The zero-order chi connectivity index (χ0) is 16.0. The van der Waals surface area contributed by atoms with Crippen LogP contribution in [0.1, 0.15) is 26.3 Å². The fourth-order valence-electron chi connectivity index (χ4n) is 1.57. The molecule has 21 heavy (non-hydrogen) atoms. The number of nitrogens with one attached hydrogen (secondary N) is 1. The number of esters is 1. The van der Waals surface area contributed by atoms with E-state index >= 15 is 0 Å². The van der Waals surface area contributed by atoms with Gasteiger partial charge in [0, 0.05) is 16.6 Å². The minimum atomic E-state index is -2.89. The quantitative estimate of drug-likeness (QED) is 0.784. The van der Waals surface area contributed by atoms with Crippen molar-refractivity contribution in [1.82, 2.24) is 5.32 Å². The molecule has 1 rings (SSSR count). The first kappa shape index (κ1) is 17.8. The van der Waals surface area contributed by atoms with Gasteiger partial charge in [-0.2, -0.15) is 8.78 Å². The first-order valence-corrected chi connectivity index (χ1v) is 7.12. The van der Waals surface area contributed by atoms with E-state index < -0.39 is 18.2 Å². The third-order valence-electron chi connectivity index (χ3n) is 2.24. The number of hydrogen-bond donors (Lipinski definition) is 1. The molecule has 0 aliphatic heterocycles. The Hall–Kier alpha value is -1.21. The maximum atomic E-state index is 12.3. The van der Waals surface area contributed by atoms with Crippen molar-refractivity contribution in [2.24, 2.45) is 0 Å². The number of hydrogen-bond acceptors (Lipinski definition) is 4. The third kappa shape index (κ3) is 7.38. The molecule has 0 saturated carbocycles. The summed E-state index contributed by atoms with van der Waals surface area (Å²) < 4.78 is 34.9. The van der Waals surface area contributed by atoms with Gasteiger partial charge < -0.3 is 14.8 Å². The van der Waals surface area contributed by atoms with Crippen LogP contribution in [0.2, 0.25) is 0 Å². The van der Waals surface area contributed by atoms with Crippen LogP contribution < -0.4 is 10.1 Å². The maximum absolute atomic E-state index is 12.3. The van der Waals surface area contributed by atoms with E-state index in [0.29, 0.717) is 5.56 Å². The lowest BCUT2D eigenvalue weighted by Gasteiger charge is -2.19. The molecule has 0 aliphatic rings. The predicted octanol–water partition coefficient (Wildman–Crippen LogP) is 3.48. The minimum Gasteiger partial charge on any atom is -0.459 e. The van der Waals surface area contributed by atoms with Crippen molar-refractivity contribution >= 4 is 21.9 Å². The van der Waals surface area contributed by atoms with Gasteiger partial charge in [-0.15, -0.1) is 0 Å². The van der Waals surface area contributed by atoms with Crippen LogP contribution in [0.25, 0.3) is 0 Å². The molecule has 1 aromatic carbocycles. The summed E-state index contributed by atoms with van der Waals surface area (Å²) in [5.41, 5.74) is -0.0355. The highest BCUT2D eigenvalue weighted by Gasteiger charge is 2.16. The Kier molecular flexibility index (Phi) is 6.54. The van der Waals surface area contributed by atoms with Gasteiger partial charge in [0.1, 0.15) is 11.4 Å². The van der Waals surface area contributed by atoms with Crippen LogP contribution in [0.15, 0.2) is 22.7 Å². The van der Waals surface area contributed by atoms with E-state index in [4.69, 9.17) is 4.74 Å². The molecule has 0 aliphatic carbocycles. The van der Waals surface area contributed by atoms with Gasteiger partial charge >= 0.3 is 12.6 Å². The Labute approximate surface area is 130 Å². The number of carbonyl (C=O) groups is 1. The van der Waals surface area contributed by atoms with Crippen molar-refractivity contribution in [1.29, 1.82) is 0 Å². The third-order valence-corrected chi connectivity index (χ3v) is 2.74. The van der Waals surface area contributed by atoms with Gasteiger partial charge in [-0.05, 0) is 39.0 Å². The molecule has 0 unspecified atom stereocenters. The molecular formula is C14H18BrF2NO3. The maximum Gasteiger partial charge on any atom is 0.387 e. The molecule has 0 saturated heterocycles. The molecule has 0 atom stereocenters. The number of benzene rings is 1. The van der Waals surface area contributed by atoms with Crippen molar-refractivity contribution < 1.29 is 23.0 Å². The highest BCUT2D eigenvalue weighted by molar-refractivity contribution is 9.10. The van der Waals surface area contributed by atoms with E-state index in [1.807, 2.05) is 0 Å². The van der Waals surface area contributed by atoms with E-state index in [0.717, 1.165) is 4.47 Å². The Bertz CT molecular complexity index is 490. The van der Waals surface area contributed by atoms with Gasteiger partial charge in [-0.3, -0.25) is 4.79 Å². The summed E-state index contributed by atoms with van der Waals surface area (Å²) in [7, 11) is 0. The number of carbonyl (C=O) groups excluding carboxylic acids is 1. The molecule has 1 N–H and O–H groups in total. The second kappa shape index (κ2) is 7.70. The van der Waals surface area contributed by atoms with Crippen LogP contribution in [0.4, 0.5) is 8.78 Å². The Morgan fingerprint density at radius 2 is 2.05 bits per heavy atom. The molecule has 0 amide bonds. The van der Waals surface area contributed by atoms with Crippen molar-refractivity contribution in [3.8, 4) is 5.75 Å². The first-order chi connectivity index (χ1) is 9.67. The summed E-state index contributed by atoms with van der Waals surface area (Å²) in [6.07, 6.45) is 0. The molecule has 0 radical (unpaired) electrons. The number of alkyl halides is 2. The number of ether oxygens (including phenoxy) is 2. The smallest absolute Gasteiger partial charge is 0.387 e. The van der Waals surface area contributed by atoms with Gasteiger partial charge in [0.15, 0.2) is 0 Å². The summed E-state index contributed by atoms with van der Waals surface area (Å²) in [5.74, 6) is -0.335. The molecule has 1 aromatic rings. The average Bonchev–Trinajstić information content (AvgIpc) is 2.29. The van der Waals surface area contributed by atoms with Gasteiger partial charge in [0.05, 0.1) is 6.54 Å². The molecule has 0 spiro atoms. The molecule has 0 fully saturated rings. The van der Waals surface area contributed by atoms with Crippen LogP contribution in [0.3, 0.4) is 0 Å². The Balaban J connectivity index is 2.58. The van der Waals surface area contributed by atoms with Gasteiger partial charge in [-0.25, -0.2) is 0 Å². The highest BCUT2D eigenvalue weighted by Crippen LogP contribution is 2.24. The Morgan fingerprint density at radius 3 is 2.62 bits per heavy atom. The summed E-state index contributed by atoms with van der Waals surface area (Å²) >= 11 is 3.26. The van der Waals surface area contributed by atoms with Crippen LogP contribution >= 0.6 is 15.9 Å². The summed E-state index contributed by atoms with van der Waals surface area (Å²) in [4.78, 5) is 11.5. The Morgan fingerprint density at radius 1 is 1.38 bits per heavy atom. The van der Waals surface area contributed by atoms with Crippen LogP contribution in [-0.2, 0) is 16.1 Å². The van der Waals surface area contributed by atoms with Gasteiger partial charge in [0.25, 0.3) is 0 Å². The van der Waals surface area contributed by atoms with Crippen molar-refractivity contribution in [2.75, 3.05) is 6.54 Å². The molecule has 4 nitrogen and oxygen atoms in total. The monoisotopic (exact) mass is 365 g/mol. The summed E-state index contributed by atoms with van der Waals surface area (Å²) in [6.45, 7) is 2.62. The summed E-state index contributed by atoms with van der Waals surface area (Å²) in [6, 6.07) is 4.70. The lowest BCUT2D eigenvalue weighted by molar-refractivity contribution is -0.153. The second-order valence-corrected chi connectivity index (χ2v) is 6.24. The number of halogens is 3. The zero-order valence-electron chi connectivity index (χ0n) is 12.1. The highest BCUT2D eigenvalue weighted by atomic mass is 79.9. The molecule has 0 aromatic heterocycles. The fraction of sp³-hybridized carbons (Fsp3) is 0.500. The molecule has 0 bridgehead atoms. The van der Waals surface area contributed by atoms with Crippen LogP contribution in [0.5, 0.6) is 5.75 Å². The van der Waals surface area contributed by atoms with Crippen LogP contribution in [-0.4, -0.2) is 24.7 Å². The molecule has 0 heterocycles. The van der Waals surface area contributed by atoms with Crippen LogP contribution in [0, 0.1) is 0 Å². The SMILES string of the molecule is CC(C)(C)OC(=O)CNCc1cc(Br)ccc1OC(F)F. The van der Waals surface area contributed by atoms with E-state index in [2.05, 4.69) is 26.0 Å². The summed E-state index contributed by atoms with van der Waals surface area (Å²) in [5, 5.41) is 2.84. The lowest BCUT2D eigenvalue weighted by Crippen LogP contribution is -2.31. The topological polar surface area (TPSA) is 47.6 Å². The van der Waals surface area contributed by atoms with Gasteiger partial charge in [0.2, 0.25) is 0 Å². The number of rotatable bonds is 6. The van der Waals surface area contributed by atoms with Crippen molar-refractivity contribution in [2.45, 2.75) is 39.5 Å². The standard InChI is InChI=1S/C14H18BrF2NO3/c1-14(2,3)21-12(19)8-18-7-9-6-10(15)4-5-11(9)20-13(16)17/h4-6,13,18H,7-8H2,1-3H3. The largest absolute Gasteiger partial charge is 0.459 e. The molecule has 7 heteroatoms. The minimum absolute atomic E-state index is 0.0160. The van der Waals surface area contributed by atoms with Crippen molar-refractivity contribution in [3.05, 3.63) is 28.2 Å². The second-order valence-electron chi connectivity index (χ2n) is 5.32. The van der Waals surface area contributed by atoms with Gasteiger partial charge in [-0.1, -0.05) is 15.9 Å². The first-order valence-electron chi connectivity index (χ1n) is 6.33.